The van der Waals surface area contributed by atoms with Crippen molar-refractivity contribution in [2.24, 2.45) is 0 Å². The molecule has 0 spiro atoms. The predicted octanol–water partition coefficient (Wildman–Crippen LogP) is 4.63. The van der Waals surface area contributed by atoms with Gasteiger partial charge in [0, 0.05) is 16.3 Å². The molecule has 3 N–H and O–H groups in total. The molecule has 0 aliphatic carbocycles. The van der Waals surface area contributed by atoms with Crippen LogP contribution in [-0.2, 0) is 0 Å². The molecule has 1 amide bonds. The molecule has 1 aromatic heterocycles. The number of carboxylic acid groups (broad SMARTS) is 1. The number of halogens is 2. The van der Waals surface area contributed by atoms with Crippen molar-refractivity contribution >= 4 is 46.0 Å². The van der Waals surface area contributed by atoms with Gasteiger partial charge in [0.2, 0.25) is 0 Å². The number of aromatic amines is 1. The van der Waals surface area contributed by atoms with Crippen molar-refractivity contribution in [1.82, 2.24) is 9.97 Å². The Morgan fingerprint density at radius 2 is 2.00 bits per heavy atom. The predicted molar refractivity (Wildman–Crippen MR) is 83.2 cm³/mol. The number of anilines is 1. The summed E-state index contributed by atoms with van der Waals surface area (Å²) in [7, 11) is 0. The minimum absolute atomic E-state index is 0.465. The summed E-state index contributed by atoms with van der Waals surface area (Å²) in [5.74, 6) is 0.596. The molecule has 0 atom stereocenters. The number of imidazole rings is 1. The van der Waals surface area contributed by atoms with E-state index in [0.29, 0.717) is 32.6 Å². The Kier molecular flexibility index (Phi) is 3.45. The van der Waals surface area contributed by atoms with E-state index in [1.807, 2.05) is 0 Å². The maximum absolute atomic E-state index is 10.6. The molecule has 1 heterocycles. The van der Waals surface area contributed by atoms with E-state index < -0.39 is 6.09 Å². The molecule has 0 radical (unpaired) electrons. The van der Waals surface area contributed by atoms with E-state index >= 15 is 0 Å². The standard InChI is InChI=1S/C14H9Cl2N3O2/c15-7-1-3-9(10(16)5-7)13-18-11-4-2-8(17-14(20)21)6-12(11)19-13/h1-6,17H,(H,18,19)(H,20,21). The third-order valence-corrected chi connectivity index (χ3v) is 3.47. The summed E-state index contributed by atoms with van der Waals surface area (Å²) in [6.45, 7) is 0. The van der Waals surface area contributed by atoms with Gasteiger partial charge in [-0.15, -0.1) is 0 Å². The van der Waals surface area contributed by atoms with Gasteiger partial charge >= 0.3 is 6.09 Å². The van der Waals surface area contributed by atoms with Gasteiger partial charge in [0.05, 0.1) is 16.1 Å². The van der Waals surface area contributed by atoms with Crippen LogP contribution < -0.4 is 5.32 Å². The molecule has 0 bridgehead atoms. The Morgan fingerprint density at radius 3 is 2.71 bits per heavy atom. The first kappa shape index (κ1) is 13.7. The second-order valence-electron chi connectivity index (χ2n) is 4.37. The van der Waals surface area contributed by atoms with Gasteiger partial charge < -0.3 is 10.1 Å². The molecule has 7 heteroatoms. The van der Waals surface area contributed by atoms with Gasteiger partial charge in [0.1, 0.15) is 5.82 Å². The van der Waals surface area contributed by atoms with E-state index in [-0.39, 0.29) is 0 Å². The van der Waals surface area contributed by atoms with Crippen molar-refractivity contribution in [2.45, 2.75) is 0 Å². The van der Waals surface area contributed by atoms with Crippen molar-refractivity contribution in [3.05, 3.63) is 46.4 Å². The minimum atomic E-state index is -1.12. The van der Waals surface area contributed by atoms with Crippen LogP contribution in [0.15, 0.2) is 36.4 Å². The van der Waals surface area contributed by atoms with Crippen LogP contribution in [0.2, 0.25) is 10.0 Å². The minimum Gasteiger partial charge on any atom is -0.465 e. The number of H-pyrrole nitrogens is 1. The maximum atomic E-state index is 10.6. The average Bonchev–Trinajstić information content (AvgIpc) is 2.80. The molecule has 0 saturated heterocycles. The number of amides is 1. The lowest BCUT2D eigenvalue weighted by Gasteiger charge is -2.00. The van der Waals surface area contributed by atoms with Gasteiger partial charge in [-0.25, -0.2) is 9.78 Å². The van der Waals surface area contributed by atoms with Gasteiger partial charge in [-0.3, -0.25) is 5.32 Å². The van der Waals surface area contributed by atoms with Gasteiger partial charge in [-0.2, -0.15) is 0 Å². The van der Waals surface area contributed by atoms with Crippen LogP contribution in [0.25, 0.3) is 22.4 Å². The molecule has 0 fully saturated rings. The zero-order valence-corrected chi connectivity index (χ0v) is 12.0. The fourth-order valence-electron chi connectivity index (χ4n) is 2.02. The Morgan fingerprint density at radius 1 is 1.19 bits per heavy atom. The highest BCUT2D eigenvalue weighted by atomic mass is 35.5. The van der Waals surface area contributed by atoms with E-state index in [1.165, 1.54) is 0 Å². The number of rotatable bonds is 2. The van der Waals surface area contributed by atoms with Gasteiger partial charge in [0.25, 0.3) is 0 Å². The Bertz CT molecular complexity index is 845. The highest BCUT2D eigenvalue weighted by Gasteiger charge is 2.10. The molecule has 3 rings (SSSR count). The van der Waals surface area contributed by atoms with Gasteiger partial charge in [-0.05, 0) is 36.4 Å². The molecule has 0 saturated carbocycles. The summed E-state index contributed by atoms with van der Waals surface area (Å²) < 4.78 is 0. The van der Waals surface area contributed by atoms with Crippen molar-refractivity contribution < 1.29 is 9.90 Å². The Balaban J connectivity index is 2.06. The quantitative estimate of drug-likeness (QED) is 0.644. The third-order valence-electron chi connectivity index (χ3n) is 2.92. The largest absolute Gasteiger partial charge is 0.465 e. The molecule has 0 aliphatic heterocycles. The molecule has 106 valence electrons. The first-order chi connectivity index (χ1) is 10.0. The summed E-state index contributed by atoms with van der Waals surface area (Å²) in [6.07, 6.45) is -1.12. The molecule has 3 aromatic rings. The number of hydrogen-bond donors (Lipinski definition) is 3. The number of carbonyl (C=O) groups is 1. The van der Waals surface area contributed by atoms with Crippen LogP contribution >= 0.6 is 23.2 Å². The van der Waals surface area contributed by atoms with Crippen LogP contribution in [0.4, 0.5) is 10.5 Å². The molecule has 0 aliphatic rings. The zero-order chi connectivity index (χ0) is 15.0. The fraction of sp³-hybridized carbons (Fsp3) is 0. The normalized spacial score (nSPS) is 10.8. The maximum Gasteiger partial charge on any atom is 0.409 e. The Hall–Kier alpha value is -2.24. The van der Waals surface area contributed by atoms with E-state index in [0.717, 1.165) is 5.56 Å². The average molecular weight is 322 g/mol. The zero-order valence-electron chi connectivity index (χ0n) is 10.5. The van der Waals surface area contributed by atoms with Crippen molar-refractivity contribution in [1.29, 1.82) is 0 Å². The topological polar surface area (TPSA) is 78.0 Å². The lowest BCUT2D eigenvalue weighted by atomic mass is 10.2. The first-order valence-electron chi connectivity index (χ1n) is 5.98. The van der Waals surface area contributed by atoms with Gasteiger partial charge in [-0.1, -0.05) is 23.2 Å². The van der Waals surface area contributed by atoms with E-state index in [9.17, 15) is 4.79 Å². The monoisotopic (exact) mass is 321 g/mol. The molecular weight excluding hydrogens is 313 g/mol. The highest BCUT2D eigenvalue weighted by molar-refractivity contribution is 6.36. The summed E-state index contributed by atoms with van der Waals surface area (Å²) in [6, 6.07) is 10.2. The van der Waals surface area contributed by atoms with Crippen LogP contribution in [0, 0.1) is 0 Å². The summed E-state index contributed by atoms with van der Waals surface area (Å²) in [4.78, 5) is 18.2. The van der Waals surface area contributed by atoms with Crippen LogP contribution in [-0.4, -0.2) is 21.2 Å². The number of nitrogens with one attached hydrogen (secondary N) is 2. The Labute approximate surface area is 129 Å². The number of benzene rings is 2. The van der Waals surface area contributed by atoms with E-state index in [1.54, 1.807) is 36.4 Å². The number of hydrogen-bond acceptors (Lipinski definition) is 2. The third kappa shape index (κ3) is 2.79. The summed E-state index contributed by atoms with van der Waals surface area (Å²) in [5.41, 5.74) is 2.62. The number of nitrogens with zero attached hydrogens (tertiary/aromatic N) is 1. The number of fused-ring (bicyclic) bond motifs is 1. The molecule has 0 unspecified atom stereocenters. The van der Waals surface area contributed by atoms with Crippen LogP contribution in [0.5, 0.6) is 0 Å². The molecule has 5 nitrogen and oxygen atoms in total. The second-order valence-corrected chi connectivity index (χ2v) is 5.22. The smallest absolute Gasteiger partial charge is 0.409 e. The molecule has 21 heavy (non-hydrogen) atoms. The molecular formula is C14H9Cl2N3O2. The van der Waals surface area contributed by atoms with Crippen molar-refractivity contribution in [2.75, 3.05) is 5.32 Å². The highest BCUT2D eigenvalue weighted by Crippen LogP contribution is 2.30. The van der Waals surface area contributed by atoms with Gasteiger partial charge in [0.15, 0.2) is 0 Å². The first-order valence-corrected chi connectivity index (χ1v) is 6.73. The lowest BCUT2D eigenvalue weighted by Crippen LogP contribution is -2.06. The van der Waals surface area contributed by atoms with Crippen molar-refractivity contribution in [3.63, 3.8) is 0 Å². The second kappa shape index (κ2) is 5.27. The summed E-state index contributed by atoms with van der Waals surface area (Å²) >= 11 is 12.0. The van der Waals surface area contributed by atoms with E-state index in [2.05, 4.69) is 15.3 Å². The van der Waals surface area contributed by atoms with Crippen molar-refractivity contribution in [3.8, 4) is 11.4 Å². The van der Waals surface area contributed by atoms with Crippen LogP contribution in [0.3, 0.4) is 0 Å². The number of aromatic nitrogens is 2. The van der Waals surface area contributed by atoms with Crippen LogP contribution in [0.1, 0.15) is 0 Å². The van der Waals surface area contributed by atoms with E-state index in [4.69, 9.17) is 28.3 Å². The SMILES string of the molecule is O=C(O)Nc1ccc2nc(-c3ccc(Cl)cc3Cl)[nH]c2c1. The lowest BCUT2D eigenvalue weighted by molar-refractivity contribution is 0.210. The summed E-state index contributed by atoms with van der Waals surface area (Å²) in [5, 5.41) is 12.0. The fourth-order valence-corrected chi connectivity index (χ4v) is 2.52. The molecule has 2 aromatic carbocycles.